The minimum Gasteiger partial charge on any atom is -0.381 e. The molecule has 23 heavy (non-hydrogen) atoms. The number of hydrogen-bond donors (Lipinski definition) is 3. The fourth-order valence-electron chi connectivity index (χ4n) is 2.38. The van der Waals surface area contributed by atoms with E-state index in [9.17, 15) is 14.7 Å². The number of aliphatic hydroxyl groups is 1. The summed E-state index contributed by atoms with van der Waals surface area (Å²) in [6, 6.07) is 8.43. The van der Waals surface area contributed by atoms with Gasteiger partial charge in [-0.1, -0.05) is 30.3 Å². The van der Waals surface area contributed by atoms with Crippen molar-refractivity contribution < 1.29 is 14.7 Å². The van der Waals surface area contributed by atoms with Crippen LogP contribution >= 0.6 is 0 Å². The van der Waals surface area contributed by atoms with Crippen LogP contribution in [0.1, 0.15) is 21.6 Å². The molecule has 0 saturated carbocycles. The number of primary amides is 1. The molecule has 2 amide bonds. The van der Waals surface area contributed by atoms with E-state index in [0.717, 1.165) is 5.56 Å². The van der Waals surface area contributed by atoms with Crippen LogP contribution in [0.25, 0.3) is 0 Å². The number of hydrogen-bond acceptors (Lipinski definition) is 4. The quantitative estimate of drug-likeness (QED) is 0.692. The van der Waals surface area contributed by atoms with Crippen molar-refractivity contribution >= 4 is 11.8 Å². The van der Waals surface area contributed by atoms with Crippen LogP contribution in [-0.4, -0.2) is 38.8 Å². The van der Waals surface area contributed by atoms with Gasteiger partial charge in [-0.25, -0.2) is 0 Å². The van der Waals surface area contributed by atoms with Crippen molar-refractivity contribution in [1.29, 1.82) is 0 Å². The summed E-state index contributed by atoms with van der Waals surface area (Å²) in [7, 11) is 1.71. The standard InChI is InChI=1S/C16H20N4O3/c1-10-12(9-20(2)19-10)16(23)18-13(14(21)15(17)22)8-11-6-4-3-5-7-11/h3-7,9,13-14,21H,8H2,1-2H3,(H2,17,22)(H,18,23). The molecule has 0 saturated heterocycles. The lowest BCUT2D eigenvalue weighted by Gasteiger charge is -2.22. The molecule has 0 fully saturated rings. The van der Waals surface area contributed by atoms with Gasteiger partial charge in [-0.3, -0.25) is 14.3 Å². The summed E-state index contributed by atoms with van der Waals surface area (Å²) in [5.41, 5.74) is 7.02. The van der Waals surface area contributed by atoms with Gasteiger partial charge in [-0.2, -0.15) is 5.10 Å². The van der Waals surface area contributed by atoms with Crippen LogP contribution in [0.2, 0.25) is 0 Å². The molecule has 2 unspecified atom stereocenters. The molecule has 2 rings (SSSR count). The Kier molecular flexibility index (Phi) is 5.13. The normalized spacial score (nSPS) is 13.3. The van der Waals surface area contributed by atoms with Crippen molar-refractivity contribution in [3.05, 3.63) is 53.3 Å². The molecule has 1 aromatic carbocycles. The SMILES string of the molecule is Cc1nn(C)cc1C(=O)NC(Cc1ccccc1)C(O)C(N)=O. The summed E-state index contributed by atoms with van der Waals surface area (Å²) in [5, 5.41) is 16.8. The molecule has 2 atom stereocenters. The number of carbonyl (C=O) groups excluding carboxylic acids is 2. The average Bonchev–Trinajstić information content (AvgIpc) is 2.85. The number of aliphatic hydroxyl groups excluding tert-OH is 1. The van der Waals surface area contributed by atoms with Gasteiger partial charge in [-0.05, 0) is 18.9 Å². The first-order valence-corrected chi connectivity index (χ1v) is 7.21. The largest absolute Gasteiger partial charge is 0.381 e. The van der Waals surface area contributed by atoms with Crippen LogP contribution in [0, 0.1) is 6.92 Å². The van der Waals surface area contributed by atoms with Crippen molar-refractivity contribution in [2.75, 3.05) is 0 Å². The second kappa shape index (κ2) is 7.06. The number of aromatic nitrogens is 2. The number of nitrogens with one attached hydrogen (secondary N) is 1. The van der Waals surface area contributed by atoms with Gasteiger partial charge in [0, 0.05) is 13.2 Å². The van der Waals surface area contributed by atoms with Gasteiger partial charge in [-0.15, -0.1) is 0 Å². The Labute approximate surface area is 134 Å². The molecule has 0 aliphatic carbocycles. The number of rotatable bonds is 6. The highest BCUT2D eigenvalue weighted by atomic mass is 16.3. The van der Waals surface area contributed by atoms with E-state index < -0.39 is 24.0 Å². The van der Waals surface area contributed by atoms with Gasteiger partial charge in [0.1, 0.15) is 0 Å². The molecule has 4 N–H and O–H groups in total. The summed E-state index contributed by atoms with van der Waals surface area (Å²) in [6.07, 6.45) is 0.396. The fraction of sp³-hybridized carbons (Fsp3) is 0.312. The third kappa shape index (κ3) is 4.17. The maximum atomic E-state index is 12.4. The Balaban J connectivity index is 2.18. The molecule has 0 aliphatic heterocycles. The molecule has 0 aliphatic rings. The number of aryl methyl sites for hydroxylation is 2. The third-order valence-corrected chi connectivity index (χ3v) is 3.55. The molecule has 0 bridgehead atoms. The molecule has 0 radical (unpaired) electrons. The maximum Gasteiger partial charge on any atom is 0.255 e. The summed E-state index contributed by atoms with van der Waals surface area (Å²) in [4.78, 5) is 23.7. The van der Waals surface area contributed by atoms with E-state index in [4.69, 9.17) is 5.73 Å². The molecule has 1 aromatic heterocycles. The van der Waals surface area contributed by atoms with Crippen molar-refractivity contribution in [1.82, 2.24) is 15.1 Å². The van der Waals surface area contributed by atoms with Gasteiger partial charge < -0.3 is 16.2 Å². The van der Waals surface area contributed by atoms with Crippen LogP contribution in [0.4, 0.5) is 0 Å². The molecule has 7 heteroatoms. The van der Waals surface area contributed by atoms with Crippen LogP contribution in [-0.2, 0) is 18.3 Å². The molecular formula is C16H20N4O3. The molecule has 122 valence electrons. The first kappa shape index (κ1) is 16.7. The zero-order valence-electron chi connectivity index (χ0n) is 13.1. The van der Waals surface area contributed by atoms with E-state index >= 15 is 0 Å². The summed E-state index contributed by atoms with van der Waals surface area (Å²) in [6.45, 7) is 1.71. The topological polar surface area (TPSA) is 110 Å². The van der Waals surface area contributed by atoms with Crippen LogP contribution in [0.3, 0.4) is 0 Å². The summed E-state index contributed by atoms with van der Waals surface area (Å²) >= 11 is 0. The Hall–Kier alpha value is -2.67. The Morgan fingerprint density at radius 1 is 1.35 bits per heavy atom. The number of nitrogens with zero attached hydrogens (tertiary/aromatic N) is 2. The fourth-order valence-corrected chi connectivity index (χ4v) is 2.38. The average molecular weight is 316 g/mol. The van der Waals surface area contributed by atoms with E-state index in [1.165, 1.54) is 4.68 Å². The van der Waals surface area contributed by atoms with E-state index in [2.05, 4.69) is 10.4 Å². The molecular weight excluding hydrogens is 296 g/mol. The number of benzene rings is 1. The molecule has 7 nitrogen and oxygen atoms in total. The smallest absolute Gasteiger partial charge is 0.255 e. The van der Waals surface area contributed by atoms with Crippen LogP contribution in [0.5, 0.6) is 0 Å². The Morgan fingerprint density at radius 3 is 2.52 bits per heavy atom. The summed E-state index contributed by atoms with van der Waals surface area (Å²) in [5.74, 6) is -1.29. The highest BCUT2D eigenvalue weighted by Gasteiger charge is 2.27. The van der Waals surface area contributed by atoms with Crippen molar-refractivity contribution in [3.63, 3.8) is 0 Å². The van der Waals surface area contributed by atoms with Crippen LogP contribution < -0.4 is 11.1 Å². The van der Waals surface area contributed by atoms with E-state index in [1.807, 2.05) is 30.3 Å². The molecule has 0 spiro atoms. The highest BCUT2D eigenvalue weighted by molar-refractivity contribution is 5.95. The minimum atomic E-state index is -1.48. The Morgan fingerprint density at radius 2 is 2.00 bits per heavy atom. The predicted octanol–water partition coefficient (Wildman–Crippen LogP) is -0.0842. The zero-order chi connectivity index (χ0) is 17.0. The summed E-state index contributed by atoms with van der Waals surface area (Å²) < 4.78 is 1.53. The highest BCUT2D eigenvalue weighted by Crippen LogP contribution is 2.10. The first-order chi connectivity index (χ1) is 10.9. The molecule has 2 aromatic rings. The molecule has 1 heterocycles. The Bertz CT molecular complexity index is 697. The minimum absolute atomic E-state index is 0.288. The maximum absolute atomic E-state index is 12.4. The van der Waals surface area contributed by atoms with E-state index in [0.29, 0.717) is 11.3 Å². The van der Waals surface area contributed by atoms with Gasteiger partial charge in [0.25, 0.3) is 5.91 Å². The van der Waals surface area contributed by atoms with Crippen molar-refractivity contribution in [3.8, 4) is 0 Å². The van der Waals surface area contributed by atoms with E-state index in [-0.39, 0.29) is 6.42 Å². The van der Waals surface area contributed by atoms with Gasteiger partial charge in [0.15, 0.2) is 6.10 Å². The second-order valence-corrected chi connectivity index (χ2v) is 5.42. The lowest BCUT2D eigenvalue weighted by Crippen LogP contribution is -2.50. The predicted molar refractivity (Wildman–Crippen MR) is 84.5 cm³/mol. The lowest BCUT2D eigenvalue weighted by atomic mass is 10.0. The zero-order valence-corrected chi connectivity index (χ0v) is 13.1. The van der Waals surface area contributed by atoms with Crippen molar-refractivity contribution in [2.45, 2.75) is 25.5 Å². The van der Waals surface area contributed by atoms with Crippen molar-refractivity contribution in [2.24, 2.45) is 12.8 Å². The number of amides is 2. The van der Waals surface area contributed by atoms with Gasteiger partial charge in [0.2, 0.25) is 5.91 Å². The third-order valence-electron chi connectivity index (χ3n) is 3.55. The number of nitrogens with two attached hydrogens (primary N) is 1. The van der Waals surface area contributed by atoms with Gasteiger partial charge in [0.05, 0.1) is 17.3 Å². The first-order valence-electron chi connectivity index (χ1n) is 7.21. The van der Waals surface area contributed by atoms with E-state index in [1.54, 1.807) is 20.2 Å². The second-order valence-electron chi connectivity index (χ2n) is 5.42. The lowest BCUT2D eigenvalue weighted by molar-refractivity contribution is -0.127. The van der Waals surface area contributed by atoms with Crippen LogP contribution in [0.15, 0.2) is 36.5 Å². The number of carbonyl (C=O) groups is 2. The van der Waals surface area contributed by atoms with Gasteiger partial charge >= 0.3 is 0 Å². The monoisotopic (exact) mass is 316 g/mol.